The van der Waals surface area contributed by atoms with Crippen LogP contribution in [-0.4, -0.2) is 6.61 Å². The second-order valence-corrected chi connectivity index (χ2v) is 6.27. The lowest BCUT2D eigenvalue weighted by molar-refractivity contribution is -0.872. The van der Waals surface area contributed by atoms with Gasteiger partial charge in [0, 0.05) is 16.9 Å². The molecule has 3 rings (SSSR count). The van der Waals surface area contributed by atoms with Crippen LogP contribution in [0.3, 0.4) is 0 Å². The summed E-state index contributed by atoms with van der Waals surface area (Å²) in [6, 6.07) is 17.1. The van der Waals surface area contributed by atoms with E-state index in [1.807, 2.05) is 10.9 Å². The van der Waals surface area contributed by atoms with E-state index in [1.54, 1.807) is 0 Å². The molecule has 2 heteroatoms. The van der Waals surface area contributed by atoms with E-state index < -0.39 is 0 Å². The Morgan fingerprint density at radius 3 is 2.61 bits per heavy atom. The first-order valence-corrected chi connectivity index (χ1v) is 8.79. The maximum Gasteiger partial charge on any atom is 0.265 e. The Kier molecular flexibility index (Phi) is 5.12. The Morgan fingerprint density at radius 1 is 0.957 bits per heavy atom. The zero-order chi connectivity index (χ0) is 16.1. The van der Waals surface area contributed by atoms with Gasteiger partial charge in [-0.3, -0.25) is 4.84 Å². The van der Waals surface area contributed by atoms with E-state index in [1.165, 1.54) is 41.8 Å². The van der Waals surface area contributed by atoms with Crippen LogP contribution in [0, 0.1) is 5.92 Å². The van der Waals surface area contributed by atoms with Crippen LogP contribution >= 0.6 is 0 Å². The number of hydrogen-bond donors (Lipinski definition) is 0. The lowest BCUT2D eigenvalue weighted by atomic mass is 10.0. The molecule has 0 radical (unpaired) electrons. The summed E-state index contributed by atoms with van der Waals surface area (Å²) in [5.41, 5.74) is 1.14. The number of hydrogen-bond acceptors (Lipinski definition) is 1. The minimum atomic E-state index is 0.637. The normalized spacial score (nSPS) is 12.6. The molecular formula is C21H26NO+. The molecule has 0 aliphatic carbocycles. The van der Waals surface area contributed by atoms with Gasteiger partial charge in [-0.25, -0.2) is 0 Å². The quantitative estimate of drug-likeness (QED) is 0.446. The Bertz CT molecular complexity index is 781. The Morgan fingerprint density at radius 2 is 1.78 bits per heavy atom. The number of unbranched alkanes of at least 4 members (excludes halogenated alkanes) is 1. The van der Waals surface area contributed by atoms with Crippen molar-refractivity contribution in [2.45, 2.75) is 39.5 Å². The van der Waals surface area contributed by atoms with Crippen LogP contribution in [0.1, 0.15) is 39.5 Å². The van der Waals surface area contributed by atoms with Crippen LogP contribution < -0.4 is 9.57 Å². The molecule has 1 unspecified atom stereocenters. The molecule has 1 heterocycles. The van der Waals surface area contributed by atoms with Crippen LogP contribution in [0.25, 0.3) is 21.7 Å². The molecule has 120 valence electrons. The third kappa shape index (κ3) is 3.47. The summed E-state index contributed by atoms with van der Waals surface area (Å²) in [6.45, 7) is 5.29. The van der Waals surface area contributed by atoms with Gasteiger partial charge >= 0.3 is 0 Å². The predicted octanol–water partition coefficient (Wildman–Crippen LogP) is 4.93. The minimum absolute atomic E-state index is 0.637. The summed E-state index contributed by atoms with van der Waals surface area (Å²) in [6.07, 6.45) is 6.98. The number of nitrogens with zero attached hydrogens (tertiary/aromatic N) is 1. The lowest BCUT2D eigenvalue weighted by Crippen LogP contribution is -2.44. The van der Waals surface area contributed by atoms with Gasteiger partial charge in [0.2, 0.25) is 6.20 Å². The van der Waals surface area contributed by atoms with Gasteiger partial charge in [0.05, 0.1) is 5.39 Å². The number of aromatic nitrogens is 1. The van der Waals surface area contributed by atoms with Gasteiger partial charge in [0.15, 0.2) is 6.61 Å². The summed E-state index contributed by atoms with van der Waals surface area (Å²) >= 11 is 0. The molecule has 23 heavy (non-hydrogen) atoms. The zero-order valence-electron chi connectivity index (χ0n) is 14.2. The van der Waals surface area contributed by atoms with E-state index in [2.05, 4.69) is 62.4 Å². The van der Waals surface area contributed by atoms with E-state index in [4.69, 9.17) is 4.84 Å². The minimum Gasteiger partial charge on any atom is -0.271 e. The van der Waals surface area contributed by atoms with Gasteiger partial charge in [-0.15, -0.1) is 0 Å². The van der Waals surface area contributed by atoms with Gasteiger partial charge < -0.3 is 0 Å². The maximum absolute atomic E-state index is 6.13. The smallest absolute Gasteiger partial charge is 0.265 e. The second kappa shape index (κ2) is 7.45. The van der Waals surface area contributed by atoms with Crippen LogP contribution in [0.2, 0.25) is 0 Å². The Balaban J connectivity index is 1.88. The molecule has 3 aromatic rings. The molecule has 0 aliphatic rings. The molecule has 0 spiro atoms. The topological polar surface area (TPSA) is 13.1 Å². The van der Waals surface area contributed by atoms with Crippen LogP contribution in [0.4, 0.5) is 0 Å². The van der Waals surface area contributed by atoms with Crippen LogP contribution in [-0.2, 0) is 0 Å². The van der Waals surface area contributed by atoms with Gasteiger partial charge in [-0.2, -0.15) is 0 Å². The fourth-order valence-electron chi connectivity index (χ4n) is 3.15. The van der Waals surface area contributed by atoms with Crippen molar-refractivity contribution in [3.63, 3.8) is 0 Å². The van der Waals surface area contributed by atoms with E-state index in [-0.39, 0.29) is 0 Å². The van der Waals surface area contributed by atoms with Crippen molar-refractivity contribution in [1.29, 1.82) is 0 Å². The third-order valence-electron chi connectivity index (χ3n) is 4.66. The molecule has 0 fully saturated rings. The molecule has 0 aliphatic heterocycles. The van der Waals surface area contributed by atoms with Gasteiger partial charge in [0.25, 0.3) is 5.52 Å². The summed E-state index contributed by atoms with van der Waals surface area (Å²) in [7, 11) is 0. The molecule has 2 nitrogen and oxygen atoms in total. The summed E-state index contributed by atoms with van der Waals surface area (Å²) in [5.74, 6) is 0.637. The first-order valence-electron chi connectivity index (χ1n) is 8.79. The highest BCUT2D eigenvalue weighted by molar-refractivity contribution is 6.04. The zero-order valence-corrected chi connectivity index (χ0v) is 14.2. The van der Waals surface area contributed by atoms with Crippen molar-refractivity contribution in [2.24, 2.45) is 5.92 Å². The van der Waals surface area contributed by atoms with Gasteiger partial charge in [-0.05, 0) is 41.7 Å². The molecule has 0 N–H and O–H groups in total. The van der Waals surface area contributed by atoms with Crippen molar-refractivity contribution in [2.75, 3.05) is 6.61 Å². The predicted molar refractivity (Wildman–Crippen MR) is 96.4 cm³/mol. The van der Waals surface area contributed by atoms with Crippen LogP contribution in [0.15, 0.2) is 54.7 Å². The first-order chi connectivity index (χ1) is 11.3. The molecule has 0 bridgehead atoms. The van der Waals surface area contributed by atoms with E-state index in [0.717, 1.165) is 12.1 Å². The van der Waals surface area contributed by atoms with Crippen molar-refractivity contribution in [3.05, 3.63) is 54.7 Å². The molecule has 1 aromatic heterocycles. The van der Waals surface area contributed by atoms with Crippen molar-refractivity contribution < 1.29 is 9.57 Å². The second-order valence-electron chi connectivity index (χ2n) is 6.27. The molecule has 2 aromatic carbocycles. The fraction of sp³-hybridized carbons (Fsp3) is 0.381. The molecule has 0 amide bonds. The summed E-state index contributed by atoms with van der Waals surface area (Å²) in [4.78, 5) is 6.13. The first kappa shape index (κ1) is 15.8. The summed E-state index contributed by atoms with van der Waals surface area (Å²) in [5, 5.41) is 3.79. The number of rotatable bonds is 7. The monoisotopic (exact) mass is 308 g/mol. The highest BCUT2D eigenvalue weighted by atomic mass is 16.7. The maximum atomic E-state index is 6.13. The van der Waals surface area contributed by atoms with Crippen molar-refractivity contribution >= 4 is 21.7 Å². The standard InChI is InChI=1S/C21H26NO/c1-3-5-9-17(4-2)16-23-22-15-8-12-20-19-11-7-6-10-18(19)13-14-21(20)22/h6-8,10-15,17H,3-5,9,16H2,1-2H3/q+1. The number of pyridine rings is 1. The lowest BCUT2D eigenvalue weighted by Gasteiger charge is -2.12. The third-order valence-corrected chi connectivity index (χ3v) is 4.66. The molecule has 1 atom stereocenters. The van der Waals surface area contributed by atoms with Gasteiger partial charge in [0.1, 0.15) is 0 Å². The molecule has 0 saturated carbocycles. The number of fused-ring (bicyclic) bond motifs is 3. The van der Waals surface area contributed by atoms with E-state index >= 15 is 0 Å². The van der Waals surface area contributed by atoms with Crippen molar-refractivity contribution in [3.8, 4) is 0 Å². The molecule has 0 saturated heterocycles. The van der Waals surface area contributed by atoms with E-state index in [9.17, 15) is 0 Å². The average Bonchev–Trinajstić information content (AvgIpc) is 2.61. The largest absolute Gasteiger partial charge is 0.271 e. The van der Waals surface area contributed by atoms with Crippen molar-refractivity contribution in [1.82, 2.24) is 0 Å². The van der Waals surface area contributed by atoms with E-state index in [0.29, 0.717) is 5.92 Å². The van der Waals surface area contributed by atoms with Crippen LogP contribution in [0.5, 0.6) is 0 Å². The SMILES string of the molecule is CCCCC(CC)CO[n+]1cccc2c3ccccc3ccc21. The fourth-order valence-corrected chi connectivity index (χ4v) is 3.15. The molecular weight excluding hydrogens is 282 g/mol. The Labute approximate surface area is 138 Å². The Hall–Kier alpha value is -2.09. The van der Waals surface area contributed by atoms with Gasteiger partial charge in [-0.1, -0.05) is 51.0 Å². The highest BCUT2D eigenvalue weighted by Crippen LogP contribution is 2.22. The average molecular weight is 308 g/mol. The highest BCUT2D eigenvalue weighted by Gasteiger charge is 2.15. The summed E-state index contributed by atoms with van der Waals surface area (Å²) < 4.78 is 1.94. The number of benzene rings is 2.